The van der Waals surface area contributed by atoms with Gasteiger partial charge < -0.3 is 52.5 Å². The number of nitrogens with one attached hydrogen (secondary N) is 7. The van der Waals surface area contributed by atoms with Crippen LogP contribution in [0.5, 0.6) is 0 Å². The lowest BCUT2D eigenvalue weighted by Gasteiger charge is -2.32. The van der Waals surface area contributed by atoms with Crippen LogP contribution in [0.15, 0.2) is 91.0 Å². The first kappa shape index (κ1) is 59.9. The van der Waals surface area contributed by atoms with E-state index in [1.165, 1.54) is 0 Å². The molecule has 1 fully saturated rings. The maximum atomic E-state index is 15.0. The van der Waals surface area contributed by atoms with Crippen molar-refractivity contribution in [3.8, 4) is 0 Å². The highest BCUT2D eigenvalue weighted by Gasteiger charge is 2.39. The molecule has 404 valence electrons. The number of aliphatic carboxylic acids is 3. The summed E-state index contributed by atoms with van der Waals surface area (Å²) in [4.78, 5) is 145. The molecule has 0 spiro atoms. The minimum Gasteiger partial charge on any atom is -0.481 e. The van der Waals surface area contributed by atoms with Crippen molar-refractivity contribution >= 4 is 77.7 Å². The molecule has 75 heavy (non-hydrogen) atoms. The maximum Gasteiger partial charge on any atom is 0.305 e. The van der Waals surface area contributed by atoms with E-state index in [1.807, 2.05) is 30.3 Å². The molecule has 0 unspecified atom stereocenters. The summed E-state index contributed by atoms with van der Waals surface area (Å²) in [5.74, 6) is -13.5. The number of benzene rings is 3. The number of carboxylic acids is 3. The third kappa shape index (κ3) is 20.7. The van der Waals surface area contributed by atoms with Crippen molar-refractivity contribution in [1.82, 2.24) is 37.2 Å². The third-order valence-corrected chi connectivity index (χ3v) is 13.0. The summed E-state index contributed by atoms with van der Waals surface area (Å²) in [6.07, 6.45) is 1.97. The Kier molecular flexibility index (Phi) is 24.9. The van der Waals surface area contributed by atoms with Crippen LogP contribution in [-0.2, 0) is 59.2 Å². The van der Waals surface area contributed by atoms with E-state index in [1.54, 1.807) is 60.7 Å². The highest BCUT2D eigenvalue weighted by molar-refractivity contribution is 7.80. The van der Waals surface area contributed by atoms with Crippen molar-refractivity contribution in [2.24, 2.45) is 5.92 Å². The average Bonchev–Trinajstić information content (AvgIpc) is 3.38. The molecule has 0 heterocycles. The lowest BCUT2D eigenvalue weighted by Crippen LogP contribution is -2.61. The Morgan fingerprint density at radius 2 is 1.01 bits per heavy atom. The Hall–Kier alpha value is -7.62. The fourth-order valence-electron chi connectivity index (χ4n) is 8.80. The number of aryl methyl sites for hydroxylation is 1. The molecule has 0 saturated heterocycles. The van der Waals surface area contributed by atoms with Gasteiger partial charge in [0.2, 0.25) is 41.2 Å². The van der Waals surface area contributed by atoms with E-state index in [4.69, 9.17) is 0 Å². The standard InChI is InChI=1S/C53H67N7O14S/c1-32(61)55-40(30-44(66)67)51(72)56-38(25-27-43(64)65)49(70)60-46(45(35-20-10-4-11-21-35)36-22-12-5-13-23-36)52(73)57-37(24-26-42(62)63)48(69)58-39(29-34-17-8-3-9-18-34)50(71)59-41(31-75)47(68)53(74)54-28-14-19-33-15-6-2-7-16-33/h2,4-7,10-13,15-16,20-23,34,37-41,45-46,75H,3,8-9,14,17-19,24-31H2,1H3,(H,54,74)(H,55,61)(H,56,72)(H,57,73)(H,58,69)(H,59,71)(H,60,70)(H,62,63)(H,64,65)(H,66,67)/t37-,38-,39-,40-,41-,46-/m0/s1. The van der Waals surface area contributed by atoms with Crippen LogP contribution in [-0.4, -0.2) is 129 Å². The van der Waals surface area contributed by atoms with Crippen LogP contribution < -0.4 is 37.2 Å². The van der Waals surface area contributed by atoms with Crippen LogP contribution in [0.25, 0.3) is 0 Å². The fraction of sp³-hybridized carbons (Fsp3) is 0.453. The second kappa shape index (κ2) is 31.2. The van der Waals surface area contributed by atoms with E-state index in [2.05, 4.69) is 49.8 Å². The van der Waals surface area contributed by atoms with Gasteiger partial charge in [0.05, 0.1) is 6.42 Å². The SMILES string of the molecule is CC(=O)N[C@@H](CC(=O)O)C(=O)N[C@@H](CCC(=O)O)C(=O)N[C@H](C(=O)N[C@@H](CCC(=O)O)C(=O)N[C@@H](CC1CCCCC1)C(=O)N[C@@H](CS)C(=O)C(=O)NCCCc1ccccc1)C(c1ccccc1)c1ccccc1. The molecule has 0 aliphatic heterocycles. The van der Waals surface area contributed by atoms with Gasteiger partial charge in [-0.25, -0.2) is 0 Å². The Balaban J connectivity index is 1.68. The fourth-order valence-corrected chi connectivity index (χ4v) is 9.06. The summed E-state index contributed by atoms with van der Waals surface area (Å²) < 4.78 is 0. The van der Waals surface area contributed by atoms with Crippen LogP contribution >= 0.6 is 12.6 Å². The first-order valence-electron chi connectivity index (χ1n) is 24.9. The molecule has 1 aliphatic carbocycles. The first-order valence-corrected chi connectivity index (χ1v) is 25.5. The van der Waals surface area contributed by atoms with Gasteiger partial charge in [-0.15, -0.1) is 0 Å². The summed E-state index contributed by atoms with van der Waals surface area (Å²) >= 11 is 4.24. The molecular weight excluding hydrogens is 991 g/mol. The molecule has 3 aromatic rings. The van der Waals surface area contributed by atoms with Crippen molar-refractivity contribution in [2.75, 3.05) is 12.3 Å². The van der Waals surface area contributed by atoms with Crippen LogP contribution in [0.2, 0.25) is 0 Å². The summed E-state index contributed by atoms with van der Waals surface area (Å²) in [5.41, 5.74) is 1.95. The molecule has 10 N–H and O–H groups in total. The van der Waals surface area contributed by atoms with Gasteiger partial charge in [0.15, 0.2) is 0 Å². The van der Waals surface area contributed by atoms with Crippen molar-refractivity contribution in [2.45, 2.75) is 133 Å². The van der Waals surface area contributed by atoms with Crippen molar-refractivity contribution in [3.05, 3.63) is 108 Å². The largest absolute Gasteiger partial charge is 0.481 e. The van der Waals surface area contributed by atoms with Crippen LogP contribution in [0, 0.1) is 5.92 Å². The zero-order chi connectivity index (χ0) is 54.9. The zero-order valence-corrected chi connectivity index (χ0v) is 42.6. The molecule has 0 bridgehead atoms. The number of hydrogen-bond acceptors (Lipinski definition) is 12. The number of hydrogen-bond donors (Lipinski definition) is 11. The smallest absolute Gasteiger partial charge is 0.305 e. The molecule has 0 aromatic heterocycles. The first-order chi connectivity index (χ1) is 35.9. The van der Waals surface area contributed by atoms with E-state index in [0.717, 1.165) is 31.7 Å². The Morgan fingerprint density at radius 3 is 1.52 bits per heavy atom. The number of carboxylic acid groups (broad SMARTS) is 3. The molecule has 0 radical (unpaired) electrons. The van der Waals surface area contributed by atoms with Crippen molar-refractivity contribution in [3.63, 3.8) is 0 Å². The van der Waals surface area contributed by atoms with Gasteiger partial charge in [0.1, 0.15) is 36.3 Å². The van der Waals surface area contributed by atoms with Gasteiger partial charge in [0, 0.05) is 38.0 Å². The predicted octanol–water partition coefficient (Wildman–Crippen LogP) is 2.17. The van der Waals surface area contributed by atoms with Gasteiger partial charge in [-0.3, -0.25) is 52.7 Å². The van der Waals surface area contributed by atoms with Gasteiger partial charge in [-0.05, 0) is 54.7 Å². The second-order valence-corrected chi connectivity index (χ2v) is 18.7. The van der Waals surface area contributed by atoms with E-state index < -0.39 is 139 Å². The van der Waals surface area contributed by atoms with Gasteiger partial charge >= 0.3 is 17.9 Å². The molecule has 1 aliphatic rings. The number of Topliss-reactive ketones (excluding diaryl/α,β-unsaturated/α-hetero) is 1. The Bertz CT molecular complexity index is 2390. The second-order valence-electron chi connectivity index (χ2n) is 18.4. The molecule has 6 atom stereocenters. The number of ketones is 1. The summed E-state index contributed by atoms with van der Waals surface area (Å²) in [6.45, 7) is 1.21. The molecule has 1 saturated carbocycles. The quantitative estimate of drug-likeness (QED) is 0.0250. The summed E-state index contributed by atoms with van der Waals surface area (Å²) in [7, 11) is 0. The topological polar surface area (TPSA) is 333 Å². The summed E-state index contributed by atoms with van der Waals surface area (Å²) in [6, 6.07) is 16.6. The number of carbonyl (C=O) groups excluding carboxylic acids is 8. The van der Waals surface area contributed by atoms with Crippen LogP contribution in [0.3, 0.4) is 0 Å². The van der Waals surface area contributed by atoms with Crippen molar-refractivity contribution < 1.29 is 68.1 Å². The highest BCUT2D eigenvalue weighted by Crippen LogP contribution is 2.30. The highest BCUT2D eigenvalue weighted by atomic mass is 32.1. The van der Waals surface area contributed by atoms with E-state index in [0.29, 0.717) is 36.8 Å². The average molecular weight is 1060 g/mol. The van der Waals surface area contributed by atoms with E-state index in [9.17, 15) is 63.3 Å². The van der Waals surface area contributed by atoms with Crippen molar-refractivity contribution in [1.29, 1.82) is 0 Å². The minimum absolute atomic E-state index is 0.0655. The predicted molar refractivity (Wildman–Crippen MR) is 276 cm³/mol. The van der Waals surface area contributed by atoms with Gasteiger partial charge in [-0.2, -0.15) is 12.6 Å². The third-order valence-electron chi connectivity index (χ3n) is 12.6. The van der Waals surface area contributed by atoms with Gasteiger partial charge in [-0.1, -0.05) is 123 Å². The lowest BCUT2D eigenvalue weighted by molar-refractivity contribution is -0.141. The van der Waals surface area contributed by atoms with Crippen LogP contribution in [0.1, 0.15) is 107 Å². The van der Waals surface area contributed by atoms with Gasteiger partial charge in [0.25, 0.3) is 5.91 Å². The number of rotatable bonds is 31. The molecule has 4 rings (SSSR count). The molecule has 22 heteroatoms. The van der Waals surface area contributed by atoms with E-state index >= 15 is 4.79 Å². The van der Waals surface area contributed by atoms with E-state index in [-0.39, 0.29) is 24.6 Å². The molecule has 3 aromatic carbocycles. The Morgan fingerprint density at radius 1 is 0.547 bits per heavy atom. The summed E-state index contributed by atoms with van der Waals surface area (Å²) in [5, 5.41) is 46.4. The molecule has 21 nitrogen and oxygen atoms in total. The minimum atomic E-state index is -1.75. The number of thiol groups is 1. The molecule has 7 amide bonds. The molecular formula is C53H67N7O14S. The maximum absolute atomic E-state index is 15.0. The number of carbonyl (C=O) groups is 11. The van der Waals surface area contributed by atoms with Crippen LogP contribution in [0.4, 0.5) is 0 Å². The lowest BCUT2D eigenvalue weighted by atomic mass is 9.84. The Labute approximate surface area is 439 Å². The number of amides is 7. The normalized spacial score (nSPS) is 14.8. The zero-order valence-electron chi connectivity index (χ0n) is 41.7. The monoisotopic (exact) mass is 1060 g/mol.